The van der Waals surface area contributed by atoms with Crippen LogP contribution in [0.4, 0.5) is 5.69 Å². The van der Waals surface area contributed by atoms with Gasteiger partial charge < -0.3 is 19.9 Å². The van der Waals surface area contributed by atoms with Crippen LogP contribution in [0.5, 0.6) is 0 Å². The van der Waals surface area contributed by atoms with E-state index in [-0.39, 0.29) is 11.6 Å². The summed E-state index contributed by atoms with van der Waals surface area (Å²) in [4.78, 5) is 54.9. The van der Waals surface area contributed by atoms with E-state index in [2.05, 4.69) is 15.0 Å². The molecule has 0 bridgehead atoms. The number of carbonyl (C=O) groups is 4. The van der Waals surface area contributed by atoms with Gasteiger partial charge >= 0.3 is 5.97 Å². The van der Waals surface area contributed by atoms with Gasteiger partial charge in [0, 0.05) is 43.6 Å². The number of nitrogens with zero attached hydrogens (tertiary/aromatic N) is 3. The number of pyridine rings is 1. The van der Waals surface area contributed by atoms with Gasteiger partial charge in [-0.25, -0.2) is 4.79 Å². The lowest BCUT2D eigenvalue weighted by atomic mass is 10.1. The predicted molar refractivity (Wildman–Crippen MR) is 104 cm³/mol. The van der Waals surface area contributed by atoms with Crippen LogP contribution in [0.3, 0.4) is 0 Å². The molecular weight excluding hydrogens is 376 g/mol. The highest BCUT2D eigenvalue weighted by Crippen LogP contribution is 2.14. The number of nitrogens with one attached hydrogen (secondary N) is 1. The molecule has 3 amide bonds. The maximum absolute atomic E-state index is 12.7. The number of methoxy groups -OCH3 is 1. The number of rotatable bonds is 5. The molecule has 0 atom stereocenters. The highest BCUT2D eigenvalue weighted by molar-refractivity contribution is 6.05. The van der Waals surface area contributed by atoms with Gasteiger partial charge in [-0.1, -0.05) is 6.07 Å². The number of anilines is 1. The Bertz CT molecular complexity index is 938. The van der Waals surface area contributed by atoms with E-state index in [1.807, 2.05) is 0 Å². The molecule has 9 nitrogen and oxygen atoms in total. The lowest BCUT2D eigenvalue weighted by Crippen LogP contribution is -2.48. The Morgan fingerprint density at radius 2 is 1.83 bits per heavy atom. The molecule has 0 unspecified atom stereocenters. The predicted octanol–water partition coefficient (Wildman–Crippen LogP) is 1.03. The van der Waals surface area contributed by atoms with Crippen LogP contribution in [-0.2, 0) is 9.53 Å². The summed E-state index contributed by atoms with van der Waals surface area (Å²) < 4.78 is 4.67. The molecule has 0 saturated carbocycles. The summed E-state index contributed by atoms with van der Waals surface area (Å²) in [5, 5.41) is 2.66. The third kappa shape index (κ3) is 4.75. The molecule has 1 aliphatic heterocycles. The van der Waals surface area contributed by atoms with Crippen molar-refractivity contribution in [2.75, 3.05) is 38.6 Å². The van der Waals surface area contributed by atoms with Crippen LogP contribution in [0, 0.1) is 0 Å². The Morgan fingerprint density at radius 1 is 1.07 bits per heavy atom. The summed E-state index contributed by atoms with van der Waals surface area (Å²) in [6, 6.07) is 9.28. The molecule has 1 aliphatic rings. The van der Waals surface area contributed by atoms with E-state index in [9.17, 15) is 19.2 Å². The highest BCUT2D eigenvalue weighted by Gasteiger charge is 2.22. The van der Waals surface area contributed by atoms with E-state index in [0.717, 1.165) is 6.41 Å². The molecule has 1 N–H and O–H groups in total. The van der Waals surface area contributed by atoms with Crippen LogP contribution in [-0.4, -0.2) is 72.3 Å². The Labute approximate surface area is 167 Å². The SMILES string of the molecule is COC(=O)c1cccc(NC(=O)c2cc(C(=O)N3CCN(C=O)CC3)ccn2)c1. The zero-order valence-corrected chi connectivity index (χ0v) is 15.8. The number of aromatic nitrogens is 1. The maximum Gasteiger partial charge on any atom is 0.337 e. The zero-order chi connectivity index (χ0) is 20.8. The largest absolute Gasteiger partial charge is 0.465 e. The van der Waals surface area contributed by atoms with Crippen molar-refractivity contribution in [3.05, 3.63) is 59.4 Å². The van der Waals surface area contributed by atoms with Crippen molar-refractivity contribution in [3.63, 3.8) is 0 Å². The normalized spacial score (nSPS) is 13.6. The molecular formula is C20H20N4O5. The lowest BCUT2D eigenvalue weighted by Gasteiger charge is -2.32. The number of hydrogen-bond donors (Lipinski definition) is 1. The Morgan fingerprint density at radius 3 is 2.52 bits per heavy atom. The minimum atomic E-state index is -0.513. The van der Waals surface area contributed by atoms with Crippen molar-refractivity contribution in [1.82, 2.24) is 14.8 Å². The molecule has 1 aromatic heterocycles. The van der Waals surface area contributed by atoms with E-state index < -0.39 is 11.9 Å². The lowest BCUT2D eigenvalue weighted by molar-refractivity contribution is -0.119. The average Bonchev–Trinajstić information content (AvgIpc) is 2.78. The highest BCUT2D eigenvalue weighted by atomic mass is 16.5. The van der Waals surface area contributed by atoms with Crippen LogP contribution in [0.2, 0.25) is 0 Å². The summed E-state index contributed by atoms with van der Waals surface area (Å²) >= 11 is 0. The molecule has 0 spiro atoms. The smallest absolute Gasteiger partial charge is 0.337 e. The van der Waals surface area contributed by atoms with Crippen LogP contribution in [0.25, 0.3) is 0 Å². The van der Waals surface area contributed by atoms with Gasteiger partial charge in [-0.2, -0.15) is 0 Å². The van der Waals surface area contributed by atoms with E-state index >= 15 is 0 Å². The van der Waals surface area contributed by atoms with E-state index in [0.29, 0.717) is 43.0 Å². The third-order valence-corrected chi connectivity index (χ3v) is 4.53. The molecule has 1 aromatic carbocycles. The second-order valence-electron chi connectivity index (χ2n) is 6.39. The molecule has 1 saturated heterocycles. The van der Waals surface area contributed by atoms with Crippen LogP contribution >= 0.6 is 0 Å². The number of ether oxygens (including phenoxy) is 1. The van der Waals surface area contributed by atoms with Crippen molar-refractivity contribution in [2.24, 2.45) is 0 Å². The fraction of sp³-hybridized carbons (Fsp3) is 0.250. The van der Waals surface area contributed by atoms with Crippen LogP contribution in [0.15, 0.2) is 42.6 Å². The number of piperazine rings is 1. The number of hydrogen-bond acceptors (Lipinski definition) is 6. The van der Waals surface area contributed by atoms with Crippen LogP contribution < -0.4 is 5.32 Å². The first-order chi connectivity index (χ1) is 14.0. The van der Waals surface area contributed by atoms with Gasteiger partial charge in [0.2, 0.25) is 6.41 Å². The summed E-state index contributed by atoms with van der Waals surface area (Å²) in [6.45, 7) is 1.82. The van der Waals surface area contributed by atoms with Crippen molar-refractivity contribution < 1.29 is 23.9 Å². The number of esters is 1. The number of benzene rings is 1. The molecule has 150 valence electrons. The fourth-order valence-corrected chi connectivity index (χ4v) is 2.94. The van der Waals surface area contributed by atoms with Gasteiger partial charge in [0.1, 0.15) is 5.69 Å². The van der Waals surface area contributed by atoms with E-state index in [1.165, 1.54) is 25.4 Å². The van der Waals surface area contributed by atoms with Crippen molar-refractivity contribution in [2.45, 2.75) is 0 Å². The van der Waals surface area contributed by atoms with Gasteiger partial charge in [-0.05, 0) is 30.3 Å². The van der Waals surface area contributed by atoms with E-state index in [1.54, 1.807) is 34.1 Å². The molecule has 0 radical (unpaired) electrons. The quantitative estimate of drug-likeness (QED) is 0.597. The van der Waals surface area contributed by atoms with Gasteiger partial charge in [0.15, 0.2) is 0 Å². The molecule has 3 rings (SSSR count). The molecule has 2 aromatic rings. The molecule has 1 fully saturated rings. The summed E-state index contributed by atoms with van der Waals surface area (Å²) in [6.07, 6.45) is 2.17. The standard InChI is InChI=1S/C20H20N4O5/c1-29-20(28)15-3-2-4-16(11-15)22-18(26)17-12-14(5-6-21-17)19(27)24-9-7-23(13-25)8-10-24/h2-6,11-13H,7-10H2,1H3,(H,22,26). The molecule has 0 aliphatic carbocycles. The van der Waals surface area contributed by atoms with Crippen LogP contribution in [0.1, 0.15) is 31.2 Å². The molecule has 29 heavy (non-hydrogen) atoms. The van der Waals surface area contributed by atoms with Crippen molar-refractivity contribution in [3.8, 4) is 0 Å². The minimum Gasteiger partial charge on any atom is -0.465 e. The first-order valence-electron chi connectivity index (χ1n) is 8.96. The molecule has 2 heterocycles. The van der Waals surface area contributed by atoms with Gasteiger partial charge in [-0.3, -0.25) is 19.4 Å². The second-order valence-corrected chi connectivity index (χ2v) is 6.39. The third-order valence-electron chi connectivity index (χ3n) is 4.53. The first-order valence-corrected chi connectivity index (χ1v) is 8.96. The molecule has 9 heteroatoms. The Hall–Kier alpha value is -3.75. The first kappa shape index (κ1) is 20.0. The Kier molecular flexibility index (Phi) is 6.18. The zero-order valence-electron chi connectivity index (χ0n) is 15.8. The van der Waals surface area contributed by atoms with Gasteiger partial charge in [0.05, 0.1) is 12.7 Å². The maximum atomic E-state index is 12.7. The monoisotopic (exact) mass is 396 g/mol. The topological polar surface area (TPSA) is 109 Å². The second kappa shape index (κ2) is 8.96. The van der Waals surface area contributed by atoms with Gasteiger partial charge in [0.25, 0.3) is 11.8 Å². The Balaban J connectivity index is 1.70. The van der Waals surface area contributed by atoms with E-state index in [4.69, 9.17) is 0 Å². The van der Waals surface area contributed by atoms with Crippen molar-refractivity contribution >= 4 is 29.9 Å². The fourth-order valence-electron chi connectivity index (χ4n) is 2.94. The summed E-state index contributed by atoms with van der Waals surface area (Å²) in [5.41, 5.74) is 1.12. The van der Waals surface area contributed by atoms with Crippen molar-refractivity contribution in [1.29, 1.82) is 0 Å². The van der Waals surface area contributed by atoms with Gasteiger partial charge in [-0.15, -0.1) is 0 Å². The number of carbonyl (C=O) groups excluding carboxylic acids is 4. The summed E-state index contributed by atoms with van der Waals surface area (Å²) in [7, 11) is 1.28. The summed E-state index contributed by atoms with van der Waals surface area (Å²) in [5.74, 6) is -1.24. The minimum absolute atomic E-state index is 0.0749. The number of amides is 3. The average molecular weight is 396 g/mol.